The van der Waals surface area contributed by atoms with Crippen LogP contribution in [0.3, 0.4) is 0 Å². The highest BCUT2D eigenvalue weighted by Gasteiger charge is 2.15. The lowest BCUT2D eigenvalue weighted by Gasteiger charge is -2.11. The third-order valence-electron chi connectivity index (χ3n) is 2.88. The molecule has 0 radical (unpaired) electrons. The quantitative estimate of drug-likeness (QED) is 0.561. The second kappa shape index (κ2) is 5.96. The normalized spacial score (nSPS) is 12.7. The van der Waals surface area contributed by atoms with Gasteiger partial charge in [-0.05, 0) is 53.4 Å². The van der Waals surface area contributed by atoms with E-state index in [1.54, 1.807) is 0 Å². The van der Waals surface area contributed by atoms with Crippen molar-refractivity contribution in [2.24, 2.45) is 0 Å². The molecule has 0 aliphatic rings. The largest absolute Gasteiger partial charge is 0.126 e. The molecule has 96 valence electrons. The fourth-order valence-electron chi connectivity index (χ4n) is 1.83. The van der Waals surface area contributed by atoms with Gasteiger partial charge in [-0.1, -0.05) is 35.4 Å². The maximum absolute atomic E-state index is 6.48. The summed E-state index contributed by atoms with van der Waals surface area (Å²) in [5, 5.41) is -0.0284. The van der Waals surface area contributed by atoms with Crippen molar-refractivity contribution >= 4 is 50.5 Å². The molecule has 1 heterocycles. The average molecular weight is 364 g/mol. The van der Waals surface area contributed by atoms with Crippen LogP contribution in [-0.4, -0.2) is 0 Å². The molecule has 0 aliphatic carbocycles. The van der Waals surface area contributed by atoms with Gasteiger partial charge in [0.1, 0.15) is 4.34 Å². The van der Waals surface area contributed by atoms with Crippen LogP contribution in [0.1, 0.15) is 26.9 Å². The molecule has 1 aromatic carbocycles. The summed E-state index contributed by atoms with van der Waals surface area (Å²) in [4.78, 5) is 1.11. The van der Waals surface area contributed by atoms with E-state index in [9.17, 15) is 0 Å². The second-order valence-electron chi connectivity index (χ2n) is 4.37. The predicted molar refractivity (Wildman–Crippen MR) is 85.2 cm³/mol. The second-order valence-corrected chi connectivity index (χ2v) is 7.44. The zero-order chi connectivity index (χ0) is 13.3. The molecule has 0 amide bonds. The van der Waals surface area contributed by atoms with Crippen molar-refractivity contribution in [3.8, 4) is 0 Å². The third-order valence-corrected chi connectivity index (χ3v) is 5.98. The van der Waals surface area contributed by atoms with Gasteiger partial charge in [0, 0.05) is 9.35 Å². The highest BCUT2D eigenvalue weighted by molar-refractivity contribution is 9.10. The Labute approximate surface area is 130 Å². The molecule has 2 aromatic rings. The summed E-state index contributed by atoms with van der Waals surface area (Å²) in [6, 6.07) is 8.48. The molecular formula is C14H13BrCl2S. The van der Waals surface area contributed by atoms with Crippen molar-refractivity contribution < 1.29 is 0 Å². The molecule has 0 saturated heterocycles. The van der Waals surface area contributed by atoms with E-state index < -0.39 is 0 Å². The van der Waals surface area contributed by atoms with Crippen LogP contribution >= 0.6 is 50.5 Å². The first-order chi connectivity index (χ1) is 8.47. The zero-order valence-corrected chi connectivity index (χ0v) is 14.1. The Morgan fingerprint density at radius 3 is 2.61 bits per heavy atom. The number of thiophene rings is 1. The first-order valence-corrected chi connectivity index (χ1v) is 8.04. The Balaban J connectivity index is 2.20. The van der Waals surface area contributed by atoms with E-state index in [0.29, 0.717) is 0 Å². The molecular weight excluding hydrogens is 351 g/mol. The van der Waals surface area contributed by atoms with Crippen molar-refractivity contribution in [2.45, 2.75) is 25.6 Å². The summed E-state index contributed by atoms with van der Waals surface area (Å²) in [5.41, 5.74) is 3.86. The van der Waals surface area contributed by atoms with Crippen LogP contribution < -0.4 is 0 Å². The first-order valence-electron chi connectivity index (χ1n) is 5.62. The van der Waals surface area contributed by atoms with Crippen LogP contribution in [0.15, 0.2) is 28.7 Å². The van der Waals surface area contributed by atoms with Gasteiger partial charge in [-0.15, -0.1) is 22.9 Å². The minimum absolute atomic E-state index is 0.0284. The van der Waals surface area contributed by atoms with Crippen molar-refractivity contribution in [3.63, 3.8) is 0 Å². The van der Waals surface area contributed by atoms with E-state index >= 15 is 0 Å². The number of hydrogen-bond acceptors (Lipinski definition) is 1. The molecule has 1 atom stereocenters. The van der Waals surface area contributed by atoms with Gasteiger partial charge in [0.05, 0.1) is 5.38 Å². The molecule has 0 fully saturated rings. The van der Waals surface area contributed by atoms with Crippen molar-refractivity contribution in [3.05, 3.63) is 54.6 Å². The van der Waals surface area contributed by atoms with Gasteiger partial charge in [0.15, 0.2) is 0 Å². The molecule has 0 bridgehead atoms. The number of hydrogen-bond donors (Lipinski definition) is 0. The van der Waals surface area contributed by atoms with Crippen LogP contribution in [0.2, 0.25) is 4.34 Å². The Bertz CT molecular complexity index is 543. The maximum Gasteiger partial charge on any atom is 0.107 e. The van der Waals surface area contributed by atoms with Gasteiger partial charge in [-0.2, -0.15) is 0 Å². The lowest BCUT2D eigenvalue weighted by atomic mass is 10.0. The highest BCUT2D eigenvalue weighted by atomic mass is 79.9. The molecule has 0 saturated carbocycles. The van der Waals surface area contributed by atoms with E-state index in [2.05, 4.69) is 48.0 Å². The van der Waals surface area contributed by atoms with Crippen molar-refractivity contribution in [1.29, 1.82) is 0 Å². The molecule has 0 nitrogen and oxygen atoms in total. The Kier molecular flexibility index (Phi) is 4.76. The van der Waals surface area contributed by atoms with Gasteiger partial charge in [0.2, 0.25) is 0 Å². The standard InChI is InChI=1S/C14H13BrCl2S/c1-8-3-4-9(2)10(5-8)6-12(16)13-7-11(15)14(17)18-13/h3-5,7,12H,6H2,1-2H3. The molecule has 18 heavy (non-hydrogen) atoms. The average Bonchev–Trinajstić information content (AvgIpc) is 2.64. The Hall–Kier alpha value is -0.0200. The minimum Gasteiger partial charge on any atom is -0.126 e. The smallest absolute Gasteiger partial charge is 0.107 e. The fourth-order valence-corrected chi connectivity index (χ4v) is 3.91. The van der Waals surface area contributed by atoms with Crippen LogP contribution in [0.5, 0.6) is 0 Å². The summed E-state index contributed by atoms with van der Waals surface area (Å²) in [7, 11) is 0. The first kappa shape index (κ1) is 14.4. The molecule has 0 aliphatic heterocycles. The number of halogens is 3. The van der Waals surface area contributed by atoms with Gasteiger partial charge >= 0.3 is 0 Å². The van der Waals surface area contributed by atoms with Gasteiger partial charge < -0.3 is 0 Å². The number of rotatable bonds is 3. The molecule has 1 aromatic heterocycles. The van der Waals surface area contributed by atoms with E-state index in [1.165, 1.54) is 28.0 Å². The lowest BCUT2D eigenvalue weighted by molar-refractivity contribution is 0.927. The van der Waals surface area contributed by atoms with Crippen LogP contribution in [-0.2, 0) is 6.42 Å². The van der Waals surface area contributed by atoms with Crippen LogP contribution in [0, 0.1) is 13.8 Å². The van der Waals surface area contributed by atoms with Crippen LogP contribution in [0.25, 0.3) is 0 Å². The van der Waals surface area contributed by atoms with E-state index in [-0.39, 0.29) is 5.38 Å². The molecule has 4 heteroatoms. The van der Waals surface area contributed by atoms with E-state index in [1.807, 2.05) is 6.07 Å². The van der Waals surface area contributed by atoms with E-state index in [0.717, 1.165) is 20.1 Å². The summed E-state index contributed by atoms with van der Waals surface area (Å²) < 4.78 is 1.69. The molecule has 0 spiro atoms. The van der Waals surface area contributed by atoms with E-state index in [4.69, 9.17) is 23.2 Å². The highest BCUT2D eigenvalue weighted by Crippen LogP contribution is 2.38. The predicted octanol–water partition coefficient (Wildman–Crippen LogP) is 6.30. The topological polar surface area (TPSA) is 0 Å². The monoisotopic (exact) mass is 362 g/mol. The van der Waals surface area contributed by atoms with Crippen molar-refractivity contribution in [1.82, 2.24) is 0 Å². The van der Waals surface area contributed by atoms with Gasteiger partial charge in [-0.3, -0.25) is 0 Å². The molecule has 0 N–H and O–H groups in total. The summed E-state index contributed by atoms with van der Waals surface area (Å²) in [6.45, 7) is 4.22. The Morgan fingerprint density at radius 1 is 1.28 bits per heavy atom. The molecule has 2 rings (SSSR count). The fraction of sp³-hybridized carbons (Fsp3) is 0.286. The maximum atomic E-state index is 6.48. The number of alkyl halides is 1. The summed E-state index contributed by atoms with van der Waals surface area (Å²) in [6.07, 6.45) is 0.832. The molecule has 1 unspecified atom stereocenters. The number of aryl methyl sites for hydroxylation is 2. The number of benzene rings is 1. The summed E-state index contributed by atoms with van der Waals surface area (Å²) >= 11 is 17.5. The Morgan fingerprint density at radius 2 is 2.00 bits per heavy atom. The minimum atomic E-state index is -0.0284. The van der Waals surface area contributed by atoms with Gasteiger partial charge in [-0.25, -0.2) is 0 Å². The zero-order valence-electron chi connectivity index (χ0n) is 10.1. The SMILES string of the molecule is Cc1ccc(C)c(CC(Cl)c2cc(Br)c(Cl)s2)c1. The lowest BCUT2D eigenvalue weighted by Crippen LogP contribution is -1.96. The summed E-state index contributed by atoms with van der Waals surface area (Å²) in [5.74, 6) is 0. The van der Waals surface area contributed by atoms with Gasteiger partial charge in [0.25, 0.3) is 0 Å². The van der Waals surface area contributed by atoms with Crippen LogP contribution in [0.4, 0.5) is 0 Å². The third kappa shape index (κ3) is 3.30. The van der Waals surface area contributed by atoms with Crippen molar-refractivity contribution in [2.75, 3.05) is 0 Å².